The largest absolute Gasteiger partial charge is 0.0888 e. The van der Waals surface area contributed by atoms with Crippen LogP contribution in [0, 0.1) is 0 Å². The van der Waals surface area contributed by atoms with Crippen molar-refractivity contribution in [3.63, 3.8) is 0 Å². The average Bonchev–Trinajstić information content (AvgIpc) is 2.26. The molecule has 0 amide bonds. The number of hydrogen-bond acceptors (Lipinski definition) is 0. The molecule has 0 spiro atoms. The summed E-state index contributed by atoms with van der Waals surface area (Å²) in [5, 5.41) is 0. The van der Waals surface area contributed by atoms with Crippen LogP contribution in [0.2, 0.25) is 0 Å². The predicted molar refractivity (Wildman–Crippen MR) is 71.1 cm³/mol. The van der Waals surface area contributed by atoms with Gasteiger partial charge in [-0.1, -0.05) is 56.7 Å². The van der Waals surface area contributed by atoms with Crippen LogP contribution in [0.1, 0.15) is 58.8 Å². The van der Waals surface area contributed by atoms with Crippen LogP contribution in [0.3, 0.4) is 0 Å². The highest BCUT2D eigenvalue weighted by Gasteiger charge is 1.84. The van der Waals surface area contributed by atoms with Crippen molar-refractivity contribution in [2.45, 2.75) is 58.8 Å². The van der Waals surface area contributed by atoms with Crippen molar-refractivity contribution in [3.8, 4) is 0 Å². The highest BCUT2D eigenvalue weighted by molar-refractivity contribution is 5.01. The summed E-state index contributed by atoms with van der Waals surface area (Å²) in [7, 11) is 0. The first-order chi connectivity index (χ1) is 7.41. The maximum absolute atomic E-state index is 2.31. The summed E-state index contributed by atoms with van der Waals surface area (Å²) in [4.78, 5) is 0. The lowest BCUT2D eigenvalue weighted by Crippen LogP contribution is -1.74. The Hall–Kier alpha value is -0.780. The molecule has 0 saturated heterocycles. The van der Waals surface area contributed by atoms with E-state index >= 15 is 0 Å². The molecule has 0 atom stereocenters. The Labute approximate surface area is 95.8 Å². The standard InChI is InChI=1S/C15H26/c1-3-5-7-9-11-13-15-14-12-10-8-6-4-2/h5-9,11H,3-4,10,12-15H2,1-2H3/b7-5+,8-6+,11-9+. The second kappa shape index (κ2) is 13.2. The van der Waals surface area contributed by atoms with E-state index in [4.69, 9.17) is 0 Å². The van der Waals surface area contributed by atoms with Crippen molar-refractivity contribution in [2.75, 3.05) is 0 Å². The zero-order valence-electron chi connectivity index (χ0n) is 10.4. The Bertz CT molecular complexity index is 184. The van der Waals surface area contributed by atoms with Gasteiger partial charge in [0, 0.05) is 0 Å². The van der Waals surface area contributed by atoms with Gasteiger partial charge in [-0.3, -0.25) is 0 Å². The number of allylic oxidation sites excluding steroid dienone is 6. The van der Waals surface area contributed by atoms with Gasteiger partial charge in [0.2, 0.25) is 0 Å². The van der Waals surface area contributed by atoms with Crippen LogP contribution in [-0.4, -0.2) is 0 Å². The molecule has 0 aliphatic heterocycles. The van der Waals surface area contributed by atoms with Crippen LogP contribution in [0.25, 0.3) is 0 Å². The predicted octanol–water partition coefficient (Wildman–Crippen LogP) is 5.43. The number of rotatable bonds is 9. The normalized spacial score (nSPS) is 12.4. The summed E-state index contributed by atoms with van der Waals surface area (Å²) in [5.74, 6) is 0. The molecule has 0 aromatic carbocycles. The molecule has 15 heavy (non-hydrogen) atoms. The number of hydrogen-bond donors (Lipinski definition) is 0. The summed E-state index contributed by atoms with van der Waals surface area (Å²) in [6, 6.07) is 0. The van der Waals surface area contributed by atoms with Crippen molar-refractivity contribution >= 4 is 0 Å². The fraction of sp³-hybridized carbons (Fsp3) is 0.600. The summed E-state index contributed by atoms with van der Waals surface area (Å²) in [6.45, 7) is 4.35. The molecule has 0 bridgehead atoms. The van der Waals surface area contributed by atoms with E-state index in [9.17, 15) is 0 Å². The molecule has 0 fully saturated rings. The van der Waals surface area contributed by atoms with Crippen LogP contribution in [-0.2, 0) is 0 Å². The van der Waals surface area contributed by atoms with Crippen molar-refractivity contribution < 1.29 is 0 Å². The van der Waals surface area contributed by atoms with Gasteiger partial charge in [-0.25, -0.2) is 0 Å². The van der Waals surface area contributed by atoms with E-state index in [-0.39, 0.29) is 0 Å². The van der Waals surface area contributed by atoms with Crippen LogP contribution in [0.15, 0.2) is 36.5 Å². The first kappa shape index (κ1) is 14.2. The molecular formula is C15H26. The van der Waals surface area contributed by atoms with Crippen LogP contribution >= 0.6 is 0 Å². The van der Waals surface area contributed by atoms with E-state index < -0.39 is 0 Å². The van der Waals surface area contributed by atoms with E-state index in [2.05, 4.69) is 50.3 Å². The lowest BCUT2D eigenvalue weighted by molar-refractivity contribution is 0.695. The third-order valence-electron chi connectivity index (χ3n) is 2.26. The first-order valence-corrected chi connectivity index (χ1v) is 6.38. The van der Waals surface area contributed by atoms with Gasteiger partial charge in [-0.05, 0) is 38.5 Å². The van der Waals surface area contributed by atoms with E-state index in [1.807, 2.05) is 0 Å². The Kier molecular flexibility index (Phi) is 12.5. The third-order valence-corrected chi connectivity index (χ3v) is 2.26. The highest BCUT2D eigenvalue weighted by Crippen LogP contribution is 2.04. The molecule has 0 aromatic heterocycles. The van der Waals surface area contributed by atoms with E-state index in [1.54, 1.807) is 0 Å². The van der Waals surface area contributed by atoms with E-state index in [1.165, 1.54) is 38.5 Å². The summed E-state index contributed by atoms with van der Waals surface area (Å²) in [6.07, 6.45) is 22.2. The van der Waals surface area contributed by atoms with Crippen molar-refractivity contribution in [1.82, 2.24) is 0 Å². The van der Waals surface area contributed by atoms with Crippen LogP contribution in [0.5, 0.6) is 0 Å². The van der Waals surface area contributed by atoms with Gasteiger partial charge in [0.05, 0.1) is 0 Å². The molecule has 0 heterocycles. The maximum Gasteiger partial charge on any atom is -0.0348 e. The summed E-state index contributed by atoms with van der Waals surface area (Å²) in [5.41, 5.74) is 0. The second-order valence-electron chi connectivity index (χ2n) is 3.78. The summed E-state index contributed by atoms with van der Waals surface area (Å²) < 4.78 is 0. The fourth-order valence-electron chi connectivity index (χ4n) is 1.38. The quantitative estimate of drug-likeness (QED) is 0.268. The molecule has 0 saturated carbocycles. The minimum Gasteiger partial charge on any atom is -0.0888 e. The Morgan fingerprint density at radius 3 is 1.87 bits per heavy atom. The topological polar surface area (TPSA) is 0 Å². The van der Waals surface area contributed by atoms with Gasteiger partial charge < -0.3 is 0 Å². The molecule has 0 aromatic rings. The molecule has 0 aliphatic rings. The van der Waals surface area contributed by atoms with Gasteiger partial charge in [0.1, 0.15) is 0 Å². The van der Waals surface area contributed by atoms with Crippen molar-refractivity contribution in [1.29, 1.82) is 0 Å². The van der Waals surface area contributed by atoms with Gasteiger partial charge in [0.25, 0.3) is 0 Å². The third kappa shape index (κ3) is 13.2. The lowest BCUT2D eigenvalue weighted by atomic mass is 10.1. The fourth-order valence-corrected chi connectivity index (χ4v) is 1.38. The minimum absolute atomic E-state index is 1.13. The van der Waals surface area contributed by atoms with Gasteiger partial charge in [-0.15, -0.1) is 0 Å². The van der Waals surface area contributed by atoms with Crippen molar-refractivity contribution in [3.05, 3.63) is 36.5 Å². The minimum atomic E-state index is 1.13. The molecule has 0 heteroatoms. The molecule has 0 nitrogen and oxygen atoms in total. The average molecular weight is 206 g/mol. The Morgan fingerprint density at radius 1 is 0.600 bits per heavy atom. The SMILES string of the molecule is CC/C=C/C=C/CCCCC/C=C/CC. The zero-order chi connectivity index (χ0) is 11.2. The first-order valence-electron chi connectivity index (χ1n) is 6.38. The molecule has 0 aliphatic carbocycles. The molecule has 0 unspecified atom stereocenters. The monoisotopic (exact) mass is 206 g/mol. The van der Waals surface area contributed by atoms with E-state index in [0.29, 0.717) is 0 Å². The second-order valence-corrected chi connectivity index (χ2v) is 3.78. The molecule has 0 rings (SSSR count). The molecular weight excluding hydrogens is 180 g/mol. The van der Waals surface area contributed by atoms with E-state index in [0.717, 1.165) is 6.42 Å². The molecule has 0 radical (unpaired) electrons. The maximum atomic E-state index is 2.31. The van der Waals surface area contributed by atoms with Crippen molar-refractivity contribution in [2.24, 2.45) is 0 Å². The smallest absolute Gasteiger partial charge is 0.0348 e. The lowest BCUT2D eigenvalue weighted by Gasteiger charge is -1.94. The Balaban J connectivity index is 3.14. The summed E-state index contributed by atoms with van der Waals surface area (Å²) >= 11 is 0. The molecule has 86 valence electrons. The van der Waals surface area contributed by atoms with Gasteiger partial charge >= 0.3 is 0 Å². The number of unbranched alkanes of at least 4 members (excludes halogenated alkanes) is 4. The molecule has 0 N–H and O–H groups in total. The van der Waals surface area contributed by atoms with Gasteiger partial charge in [0.15, 0.2) is 0 Å². The zero-order valence-corrected chi connectivity index (χ0v) is 10.4. The highest BCUT2D eigenvalue weighted by atomic mass is 13.9. The van der Waals surface area contributed by atoms with Crippen LogP contribution < -0.4 is 0 Å². The Morgan fingerprint density at radius 2 is 1.20 bits per heavy atom. The van der Waals surface area contributed by atoms with Gasteiger partial charge in [-0.2, -0.15) is 0 Å². The van der Waals surface area contributed by atoms with Crippen LogP contribution in [0.4, 0.5) is 0 Å².